The summed E-state index contributed by atoms with van der Waals surface area (Å²) in [6, 6.07) is 0. The summed E-state index contributed by atoms with van der Waals surface area (Å²) >= 11 is 0. The number of nitrogens with zero attached hydrogens (tertiary/aromatic N) is 2. The van der Waals surface area contributed by atoms with Gasteiger partial charge in [-0.25, -0.2) is 4.79 Å². The maximum Gasteiger partial charge on any atom is 0.358 e. The third-order valence-electron chi connectivity index (χ3n) is 2.01. The fourth-order valence-corrected chi connectivity index (χ4v) is 1.29. The number of aliphatic hydroxyl groups is 1. The molecule has 0 amide bonds. The molecule has 0 saturated carbocycles. The van der Waals surface area contributed by atoms with Crippen LogP contribution >= 0.6 is 0 Å². The van der Waals surface area contributed by atoms with E-state index in [2.05, 4.69) is 9.84 Å². The molecular formula is C9H15N3O3. The van der Waals surface area contributed by atoms with Crippen LogP contribution in [0, 0.1) is 0 Å². The van der Waals surface area contributed by atoms with Gasteiger partial charge in [0.2, 0.25) is 0 Å². The summed E-state index contributed by atoms with van der Waals surface area (Å²) in [5, 5.41) is 13.3. The van der Waals surface area contributed by atoms with Crippen molar-refractivity contribution in [2.24, 2.45) is 12.8 Å². The van der Waals surface area contributed by atoms with E-state index in [1.807, 2.05) is 0 Å². The zero-order valence-electron chi connectivity index (χ0n) is 8.80. The smallest absolute Gasteiger partial charge is 0.358 e. The fourth-order valence-electron chi connectivity index (χ4n) is 1.29. The van der Waals surface area contributed by atoms with Gasteiger partial charge in [-0.1, -0.05) is 0 Å². The van der Waals surface area contributed by atoms with Crippen molar-refractivity contribution >= 4 is 5.97 Å². The molecule has 1 aromatic heterocycles. The summed E-state index contributed by atoms with van der Waals surface area (Å²) in [5.74, 6) is -0.505. The highest BCUT2D eigenvalue weighted by atomic mass is 16.5. The van der Waals surface area contributed by atoms with Gasteiger partial charge in [-0.2, -0.15) is 5.10 Å². The molecule has 0 aliphatic heterocycles. The minimum absolute atomic E-state index is 0.148. The average molecular weight is 213 g/mol. The van der Waals surface area contributed by atoms with E-state index in [1.54, 1.807) is 13.2 Å². The van der Waals surface area contributed by atoms with Gasteiger partial charge in [0.15, 0.2) is 5.69 Å². The van der Waals surface area contributed by atoms with Crippen LogP contribution in [-0.4, -0.2) is 40.6 Å². The Kier molecular flexibility index (Phi) is 3.81. The Balaban J connectivity index is 2.91. The van der Waals surface area contributed by atoms with Gasteiger partial charge < -0.3 is 15.6 Å². The maximum atomic E-state index is 11.3. The average Bonchev–Trinajstić information content (AvgIpc) is 2.58. The van der Waals surface area contributed by atoms with E-state index in [-0.39, 0.29) is 12.2 Å². The first-order valence-corrected chi connectivity index (χ1v) is 4.57. The lowest BCUT2D eigenvalue weighted by Gasteiger charge is -2.05. The highest BCUT2D eigenvalue weighted by Crippen LogP contribution is 2.10. The number of methoxy groups -OCH3 is 1. The SMILES string of the molecule is COC(=O)c1nn(C)cc1CC(O)CN. The minimum Gasteiger partial charge on any atom is -0.464 e. The number of aromatic nitrogens is 2. The van der Waals surface area contributed by atoms with Crippen LogP contribution in [0.3, 0.4) is 0 Å². The Morgan fingerprint density at radius 3 is 3.00 bits per heavy atom. The lowest BCUT2D eigenvalue weighted by Crippen LogP contribution is -2.22. The highest BCUT2D eigenvalue weighted by molar-refractivity contribution is 5.88. The van der Waals surface area contributed by atoms with Crippen LogP contribution in [0.2, 0.25) is 0 Å². The van der Waals surface area contributed by atoms with Crippen molar-refractivity contribution in [3.05, 3.63) is 17.5 Å². The molecule has 0 aliphatic carbocycles. The van der Waals surface area contributed by atoms with Crippen LogP contribution in [0.15, 0.2) is 6.20 Å². The lowest BCUT2D eigenvalue weighted by molar-refractivity contribution is 0.0591. The second-order valence-corrected chi connectivity index (χ2v) is 3.26. The first kappa shape index (κ1) is 11.7. The third-order valence-corrected chi connectivity index (χ3v) is 2.01. The number of rotatable bonds is 4. The van der Waals surface area contributed by atoms with E-state index in [9.17, 15) is 9.90 Å². The van der Waals surface area contributed by atoms with Crippen molar-refractivity contribution in [1.29, 1.82) is 0 Å². The van der Waals surface area contributed by atoms with Gasteiger partial charge in [0.05, 0.1) is 13.2 Å². The standard InChI is InChI=1S/C9H15N3O3/c1-12-5-6(3-7(13)4-10)8(11-12)9(14)15-2/h5,7,13H,3-4,10H2,1-2H3. The zero-order chi connectivity index (χ0) is 11.4. The quantitative estimate of drug-likeness (QED) is 0.630. The molecule has 1 aromatic rings. The number of esters is 1. The Labute approximate surface area is 87.6 Å². The molecule has 0 radical (unpaired) electrons. The predicted molar refractivity (Wildman–Crippen MR) is 53.3 cm³/mol. The third kappa shape index (κ3) is 2.77. The van der Waals surface area contributed by atoms with Crippen LogP contribution in [-0.2, 0) is 18.2 Å². The second-order valence-electron chi connectivity index (χ2n) is 3.26. The molecule has 0 aromatic carbocycles. The number of aryl methyl sites for hydroxylation is 1. The Bertz CT molecular complexity index is 348. The molecule has 0 fully saturated rings. The molecule has 0 bridgehead atoms. The molecule has 0 saturated heterocycles. The number of aliphatic hydroxyl groups excluding tert-OH is 1. The molecule has 84 valence electrons. The van der Waals surface area contributed by atoms with Gasteiger partial charge in [-0.3, -0.25) is 4.68 Å². The molecule has 6 nitrogen and oxygen atoms in total. The molecule has 3 N–H and O–H groups in total. The van der Waals surface area contributed by atoms with Gasteiger partial charge in [-0.05, 0) is 0 Å². The van der Waals surface area contributed by atoms with Gasteiger partial charge in [0.1, 0.15) is 0 Å². The monoisotopic (exact) mass is 213 g/mol. The summed E-state index contributed by atoms with van der Waals surface area (Å²) in [6.07, 6.45) is 1.30. The predicted octanol–water partition coefficient (Wildman–Crippen LogP) is -0.931. The van der Waals surface area contributed by atoms with Crippen LogP contribution in [0.4, 0.5) is 0 Å². The Morgan fingerprint density at radius 2 is 2.47 bits per heavy atom. The van der Waals surface area contributed by atoms with E-state index in [0.29, 0.717) is 12.0 Å². The van der Waals surface area contributed by atoms with E-state index in [1.165, 1.54) is 11.8 Å². The number of ether oxygens (including phenoxy) is 1. The molecule has 6 heteroatoms. The topological polar surface area (TPSA) is 90.4 Å². The second kappa shape index (κ2) is 4.90. The molecule has 1 atom stereocenters. The number of hydrogen-bond acceptors (Lipinski definition) is 5. The zero-order valence-corrected chi connectivity index (χ0v) is 8.80. The number of hydrogen-bond donors (Lipinski definition) is 2. The molecule has 15 heavy (non-hydrogen) atoms. The van der Waals surface area contributed by atoms with Gasteiger partial charge >= 0.3 is 5.97 Å². The van der Waals surface area contributed by atoms with Crippen LogP contribution in [0.25, 0.3) is 0 Å². The number of carbonyl (C=O) groups excluding carboxylic acids is 1. The molecule has 0 spiro atoms. The maximum absolute atomic E-state index is 11.3. The molecule has 1 heterocycles. The molecule has 0 aliphatic rings. The van der Waals surface area contributed by atoms with Crippen LogP contribution in [0.5, 0.6) is 0 Å². The van der Waals surface area contributed by atoms with Gasteiger partial charge in [0, 0.05) is 31.8 Å². The van der Waals surface area contributed by atoms with Crippen molar-refractivity contribution in [2.45, 2.75) is 12.5 Å². The summed E-state index contributed by atoms with van der Waals surface area (Å²) in [7, 11) is 2.99. The normalized spacial score (nSPS) is 12.5. The van der Waals surface area contributed by atoms with E-state index in [0.717, 1.165) is 0 Å². The summed E-state index contributed by atoms with van der Waals surface area (Å²) in [4.78, 5) is 11.3. The summed E-state index contributed by atoms with van der Waals surface area (Å²) in [5.41, 5.74) is 6.16. The van der Waals surface area contributed by atoms with Crippen LogP contribution < -0.4 is 5.73 Å². The Hall–Kier alpha value is -1.40. The van der Waals surface area contributed by atoms with Crippen molar-refractivity contribution in [3.8, 4) is 0 Å². The van der Waals surface area contributed by atoms with Crippen molar-refractivity contribution in [1.82, 2.24) is 9.78 Å². The largest absolute Gasteiger partial charge is 0.464 e. The first-order valence-electron chi connectivity index (χ1n) is 4.57. The highest BCUT2D eigenvalue weighted by Gasteiger charge is 2.18. The Morgan fingerprint density at radius 1 is 1.80 bits per heavy atom. The minimum atomic E-state index is -0.669. The fraction of sp³-hybridized carbons (Fsp3) is 0.556. The van der Waals surface area contributed by atoms with Crippen molar-refractivity contribution in [2.75, 3.05) is 13.7 Å². The lowest BCUT2D eigenvalue weighted by atomic mass is 10.1. The van der Waals surface area contributed by atoms with Crippen LogP contribution in [0.1, 0.15) is 16.1 Å². The van der Waals surface area contributed by atoms with Gasteiger partial charge in [0.25, 0.3) is 0 Å². The van der Waals surface area contributed by atoms with E-state index in [4.69, 9.17) is 5.73 Å². The first-order chi connectivity index (χ1) is 7.08. The van der Waals surface area contributed by atoms with Crippen molar-refractivity contribution < 1.29 is 14.6 Å². The van der Waals surface area contributed by atoms with E-state index >= 15 is 0 Å². The summed E-state index contributed by atoms with van der Waals surface area (Å²) in [6.45, 7) is 0.148. The van der Waals surface area contributed by atoms with Gasteiger partial charge in [-0.15, -0.1) is 0 Å². The summed E-state index contributed by atoms with van der Waals surface area (Å²) < 4.78 is 6.08. The molecule has 1 rings (SSSR count). The number of nitrogens with two attached hydrogens (primary N) is 1. The van der Waals surface area contributed by atoms with Crippen molar-refractivity contribution in [3.63, 3.8) is 0 Å². The molecular weight excluding hydrogens is 198 g/mol. The number of carbonyl (C=O) groups is 1. The van der Waals surface area contributed by atoms with E-state index < -0.39 is 12.1 Å². The molecule has 1 unspecified atom stereocenters.